The SMILES string of the molecule is Cc1nc(-c2cccc(NC(=O)[C@@H](N)C(C)(C)C)c2)no1. The van der Waals surface area contributed by atoms with Crippen molar-refractivity contribution < 1.29 is 9.32 Å². The summed E-state index contributed by atoms with van der Waals surface area (Å²) in [5.74, 6) is 0.766. The summed E-state index contributed by atoms with van der Waals surface area (Å²) < 4.78 is 4.95. The fraction of sp³-hybridized carbons (Fsp3) is 0.400. The Morgan fingerprint density at radius 2 is 2.10 bits per heavy atom. The molecule has 1 aromatic carbocycles. The van der Waals surface area contributed by atoms with Gasteiger partial charge >= 0.3 is 0 Å². The average Bonchev–Trinajstić information content (AvgIpc) is 2.84. The number of rotatable bonds is 3. The van der Waals surface area contributed by atoms with E-state index in [0.717, 1.165) is 5.56 Å². The van der Waals surface area contributed by atoms with E-state index in [0.29, 0.717) is 17.4 Å². The molecule has 3 N–H and O–H groups in total. The summed E-state index contributed by atoms with van der Waals surface area (Å²) in [5.41, 5.74) is 7.07. The van der Waals surface area contributed by atoms with E-state index in [9.17, 15) is 4.79 Å². The Hall–Kier alpha value is -2.21. The number of hydrogen-bond donors (Lipinski definition) is 2. The lowest BCUT2D eigenvalue weighted by Crippen LogP contribution is -2.45. The maximum atomic E-state index is 12.1. The maximum absolute atomic E-state index is 12.1. The molecule has 6 nitrogen and oxygen atoms in total. The van der Waals surface area contributed by atoms with Crippen LogP contribution in [0.1, 0.15) is 26.7 Å². The standard InChI is InChI=1S/C15H20N4O2/c1-9-17-13(19-21-9)10-6-5-7-11(8-10)18-14(20)12(16)15(2,3)4/h5-8,12H,16H2,1-4H3,(H,18,20)/t12-/m1/s1. The predicted molar refractivity (Wildman–Crippen MR) is 80.5 cm³/mol. The van der Waals surface area contributed by atoms with Gasteiger partial charge in [0.15, 0.2) is 0 Å². The van der Waals surface area contributed by atoms with Crippen LogP contribution in [0, 0.1) is 12.3 Å². The Kier molecular flexibility index (Phi) is 4.09. The van der Waals surface area contributed by atoms with Gasteiger partial charge < -0.3 is 15.6 Å². The molecule has 0 aliphatic rings. The molecule has 2 aromatic rings. The third kappa shape index (κ3) is 3.66. The molecule has 112 valence electrons. The first-order valence-electron chi connectivity index (χ1n) is 6.74. The van der Waals surface area contributed by atoms with Crippen molar-refractivity contribution in [3.63, 3.8) is 0 Å². The maximum Gasteiger partial charge on any atom is 0.241 e. The zero-order valence-electron chi connectivity index (χ0n) is 12.7. The Morgan fingerprint density at radius 3 is 2.67 bits per heavy atom. The molecule has 6 heteroatoms. The van der Waals surface area contributed by atoms with Gasteiger partial charge in [0.2, 0.25) is 17.6 Å². The van der Waals surface area contributed by atoms with E-state index in [-0.39, 0.29) is 11.3 Å². The van der Waals surface area contributed by atoms with Crippen LogP contribution < -0.4 is 11.1 Å². The first-order valence-corrected chi connectivity index (χ1v) is 6.74. The number of benzene rings is 1. The van der Waals surface area contributed by atoms with Gasteiger partial charge in [-0.05, 0) is 17.5 Å². The molecule has 0 bridgehead atoms. The molecule has 1 atom stereocenters. The molecule has 1 heterocycles. The van der Waals surface area contributed by atoms with Crippen molar-refractivity contribution in [2.45, 2.75) is 33.7 Å². The van der Waals surface area contributed by atoms with Crippen molar-refractivity contribution >= 4 is 11.6 Å². The zero-order chi connectivity index (χ0) is 15.6. The van der Waals surface area contributed by atoms with Gasteiger partial charge in [0, 0.05) is 18.2 Å². The molecule has 0 spiro atoms. The van der Waals surface area contributed by atoms with Crippen LogP contribution in [0.2, 0.25) is 0 Å². The molecule has 0 saturated heterocycles. The highest BCUT2D eigenvalue weighted by molar-refractivity contribution is 5.95. The molecular formula is C15H20N4O2. The minimum absolute atomic E-state index is 0.219. The Morgan fingerprint density at radius 1 is 1.38 bits per heavy atom. The molecular weight excluding hydrogens is 268 g/mol. The summed E-state index contributed by atoms with van der Waals surface area (Å²) in [6, 6.07) is 6.66. The van der Waals surface area contributed by atoms with E-state index in [2.05, 4.69) is 15.5 Å². The van der Waals surface area contributed by atoms with Crippen LogP contribution in [-0.4, -0.2) is 22.1 Å². The molecule has 1 amide bonds. The summed E-state index contributed by atoms with van der Waals surface area (Å²) >= 11 is 0. The Bertz CT molecular complexity index is 643. The summed E-state index contributed by atoms with van der Waals surface area (Å²) in [4.78, 5) is 16.3. The van der Waals surface area contributed by atoms with E-state index in [1.165, 1.54) is 0 Å². The van der Waals surface area contributed by atoms with Gasteiger partial charge in [0.1, 0.15) is 0 Å². The number of nitrogens with two attached hydrogens (primary N) is 1. The lowest BCUT2D eigenvalue weighted by atomic mass is 9.87. The molecule has 0 saturated carbocycles. The lowest BCUT2D eigenvalue weighted by molar-refractivity contribution is -0.119. The second kappa shape index (κ2) is 5.65. The highest BCUT2D eigenvalue weighted by atomic mass is 16.5. The largest absolute Gasteiger partial charge is 0.339 e. The van der Waals surface area contributed by atoms with E-state index < -0.39 is 6.04 Å². The van der Waals surface area contributed by atoms with Crippen LogP contribution >= 0.6 is 0 Å². The van der Waals surface area contributed by atoms with Gasteiger partial charge in [-0.3, -0.25) is 4.79 Å². The first kappa shape index (κ1) is 15.2. The number of nitrogens with zero attached hydrogens (tertiary/aromatic N) is 2. The fourth-order valence-corrected chi connectivity index (χ4v) is 1.77. The minimum Gasteiger partial charge on any atom is -0.339 e. The summed E-state index contributed by atoms with van der Waals surface area (Å²) in [7, 11) is 0. The third-order valence-electron chi connectivity index (χ3n) is 3.13. The second-order valence-corrected chi connectivity index (χ2v) is 6.05. The quantitative estimate of drug-likeness (QED) is 0.904. The zero-order valence-corrected chi connectivity index (χ0v) is 12.7. The summed E-state index contributed by atoms with van der Waals surface area (Å²) in [5, 5.41) is 6.67. The topological polar surface area (TPSA) is 94.0 Å². The number of carbonyl (C=O) groups excluding carboxylic acids is 1. The number of aryl methyl sites for hydroxylation is 1. The Balaban J connectivity index is 2.17. The highest BCUT2D eigenvalue weighted by Crippen LogP contribution is 2.22. The molecule has 0 fully saturated rings. The van der Waals surface area contributed by atoms with Crippen molar-refractivity contribution in [2.75, 3.05) is 5.32 Å². The number of aromatic nitrogens is 2. The molecule has 0 radical (unpaired) electrons. The smallest absolute Gasteiger partial charge is 0.241 e. The number of amides is 1. The van der Waals surface area contributed by atoms with Crippen LogP contribution in [0.5, 0.6) is 0 Å². The molecule has 2 rings (SSSR count). The van der Waals surface area contributed by atoms with Crippen LogP contribution in [0.4, 0.5) is 5.69 Å². The summed E-state index contributed by atoms with van der Waals surface area (Å²) in [6.07, 6.45) is 0. The molecule has 0 aliphatic heterocycles. The highest BCUT2D eigenvalue weighted by Gasteiger charge is 2.27. The van der Waals surface area contributed by atoms with Gasteiger partial charge in [0.05, 0.1) is 6.04 Å². The van der Waals surface area contributed by atoms with Gasteiger partial charge in [0.25, 0.3) is 0 Å². The fourth-order valence-electron chi connectivity index (χ4n) is 1.77. The van der Waals surface area contributed by atoms with E-state index in [1.807, 2.05) is 32.9 Å². The van der Waals surface area contributed by atoms with Crippen molar-refractivity contribution in [1.82, 2.24) is 10.1 Å². The molecule has 0 unspecified atom stereocenters. The van der Waals surface area contributed by atoms with Crippen LogP contribution in [0.3, 0.4) is 0 Å². The average molecular weight is 288 g/mol. The van der Waals surface area contributed by atoms with Gasteiger partial charge in [-0.1, -0.05) is 38.1 Å². The minimum atomic E-state index is -0.589. The van der Waals surface area contributed by atoms with Gasteiger partial charge in [-0.2, -0.15) is 4.98 Å². The normalized spacial score (nSPS) is 13.0. The summed E-state index contributed by atoms with van der Waals surface area (Å²) in [6.45, 7) is 7.51. The van der Waals surface area contributed by atoms with Gasteiger partial charge in [-0.25, -0.2) is 0 Å². The lowest BCUT2D eigenvalue weighted by Gasteiger charge is -2.25. The number of carbonyl (C=O) groups is 1. The third-order valence-corrected chi connectivity index (χ3v) is 3.13. The van der Waals surface area contributed by atoms with Crippen molar-refractivity contribution in [1.29, 1.82) is 0 Å². The van der Waals surface area contributed by atoms with Crippen LogP contribution in [0.15, 0.2) is 28.8 Å². The molecule has 0 aliphatic carbocycles. The van der Waals surface area contributed by atoms with Crippen molar-refractivity contribution in [2.24, 2.45) is 11.1 Å². The van der Waals surface area contributed by atoms with E-state index in [4.69, 9.17) is 10.3 Å². The van der Waals surface area contributed by atoms with Crippen LogP contribution in [0.25, 0.3) is 11.4 Å². The first-order chi connectivity index (χ1) is 9.77. The monoisotopic (exact) mass is 288 g/mol. The predicted octanol–water partition coefficient (Wildman–Crippen LogP) is 2.36. The van der Waals surface area contributed by atoms with E-state index >= 15 is 0 Å². The van der Waals surface area contributed by atoms with Crippen molar-refractivity contribution in [3.05, 3.63) is 30.2 Å². The second-order valence-electron chi connectivity index (χ2n) is 6.05. The molecule has 1 aromatic heterocycles. The van der Waals surface area contributed by atoms with Crippen LogP contribution in [-0.2, 0) is 4.79 Å². The van der Waals surface area contributed by atoms with Gasteiger partial charge in [-0.15, -0.1) is 0 Å². The number of nitrogens with one attached hydrogen (secondary N) is 1. The number of hydrogen-bond acceptors (Lipinski definition) is 5. The molecule has 21 heavy (non-hydrogen) atoms. The van der Waals surface area contributed by atoms with Crippen molar-refractivity contribution in [3.8, 4) is 11.4 Å². The van der Waals surface area contributed by atoms with E-state index in [1.54, 1.807) is 19.1 Å². The number of anilines is 1. The Labute approximate surface area is 123 Å².